The molecule has 0 aromatic heterocycles. The first-order chi connectivity index (χ1) is 6.91. The van der Waals surface area contributed by atoms with Gasteiger partial charge in [-0.25, -0.2) is 0 Å². The van der Waals surface area contributed by atoms with Crippen LogP contribution < -0.4 is 0 Å². The van der Waals surface area contributed by atoms with E-state index in [9.17, 15) is 0 Å². The molecule has 3 nitrogen and oxygen atoms in total. The third-order valence-corrected chi connectivity index (χ3v) is 1.25. The fraction of sp³-hybridized carbons (Fsp3) is 0.600. The molecule has 1 fully saturated rings. The van der Waals surface area contributed by atoms with E-state index >= 15 is 0 Å². The van der Waals surface area contributed by atoms with Gasteiger partial charge in [-0.15, -0.1) is 0 Å². The van der Waals surface area contributed by atoms with E-state index in [0.29, 0.717) is 0 Å². The van der Waals surface area contributed by atoms with Gasteiger partial charge in [-0.1, -0.05) is 32.1 Å². The SMILES string of the molecule is C1CCCC1.[C-]#[O+].[C-]#[O+].[C-]#[O+].[CH2-]SC.[Mo]. The first kappa shape index (κ1) is 29.5. The minimum atomic E-state index is 0. The van der Waals surface area contributed by atoms with Crippen LogP contribution in [0, 0.1) is 26.2 Å². The predicted molar refractivity (Wildman–Crippen MR) is 53.7 cm³/mol. The second-order valence-corrected chi connectivity index (χ2v) is 2.63. The number of rotatable bonds is 0. The summed E-state index contributed by atoms with van der Waals surface area (Å²) in [5, 5.41) is 0. The Balaban J connectivity index is -0.0000000299. The van der Waals surface area contributed by atoms with Gasteiger partial charge in [0, 0.05) is 21.1 Å². The summed E-state index contributed by atoms with van der Waals surface area (Å²) in [6.45, 7) is 13.5. The van der Waals surface area contributed by atoms with Crippen molar-refractivity contribution in [1.82, 2.24) is 0 Å². The Morgan fingerprint density at radius 1 is 0.800 bits per heavy atom. The van der Waals surface area contributed by atoms with Gasteiger partial charge in [0.25, 0.3) is 0 Å². The molecule has 0 unspecified atom stereocenters. The van der Waals surface area contributed by atoms with E-state index in [1.165, 1.54) is 43.9 Å². The summed E-state index contributed by atoms with van der Waals surface area (Å²) in [5.41, 5.74) is 0. The Hall–Kier alpha value is 0.258. The number of thioether (sulfide) groups is 1. The van der Waals surface area contributed by atoms with Crippen LogP contribution in [0.2, 0.25) is 0 Å². The molecule has 0 saturated heterocycles. The molecule has 1 saturated carbocycles. The molecular weight excluding hydrogens is 296 g/mol. The minimum Gasteiger partial charge on any atom is -0.357 e. The molecule has 0 radical (unpaired) electrons. The van der Waals surface area contributed by atoms with Gasteiger partial charge < -0.3 is 11.8 Å². The smallest absolute Gasteiger partial charge is 0 e. The van der Waals surface area contributed by atoms with E-state index in [4.69, 9.17) is 14.0 Å². The zero-order valence-corrected chi connectivity index (χ0v) is 11.6. The number of hydrogen-bond donors (Lipinski definition) is 0. The Kier molecular flexibility index (Phi) is 126. The quantitative estimate of drug-likeness (QED) is 0.385. The Morgan fingerprint density at radius 2 is 0.867 bits per heavy atom. The molecule has 0 heterocycles. The van der Waals surface area contributed by atoms with Crippen LogP contribution in [0.4, 0.5) is 0 Å². The van der Waals surface area contributed by atoms with E-state index in [-0.39, 0.29) is 21.1 Å². The summed E-state index contributed by atoms with van der Waals surface area (Å²) < 4.78 is 22.5. The van der Waals surface area contributed by atoms with Gasteiger partial charge in [-0.3, -0.25) is 6.26 Å². The molecule has 1 aliphatic rings. The van der Waals surface area contributed by atoms with E-state index in [0.717, 1.165) is 0 Å². The first-order valence-corrected chi connectivity index (χ1v) is 5.20. The van der Waals surface area contributed by atoms with Gasteiger partial charge in [0.05, 0.1) is 0 Å². The Morgan fingerprint density at radius 3 is 0.933 bits per heavy atom. The van der Waals surface area contributed by atoms with Crippen LogP contribution in [-0.2, 0) is 35.0 Å². The standard InChI is InChI=1S/C5H10.C2H5S.3CO.Mo/c1-2-4-5-3-1;1-3-2;3*1-2;/h1-5H2;1H2,2H3;;;;/q;-1;;;;. The second kappa shape index (κ2) is 64.0. The summed E-state index contributed by atoms with van der Waals surface area (Å²) in [4.78, 5) is 0. The van der Waals surface area contributed by atoms with Gasteiger partial charge in [0.1, 0.15) is 0 Å². The van der Waals surface area contributed by atoms with Gasteiger partial charge in [0.2, 0.25) is 0 Å². The van der Waals surface area contributed by atoms with Gasteiger partial charge in [-0.05, 0) is 6.26 Å². The molecule has 1 rings (SSSR count). The van der Waals surface area contributed by atoms with Crippen molar-refractivity contribution < 1.29 is 35.0 Å². The maximum atomic E-state index is 7.50. The van der Waals surface area contributed by atoms with Crippen molar-refractivity contribution >= 4 is 11.8 Å². The first-order valence-electron chi connectivity index (χ1n) is 3.81. The van der Waals surface area contributed by atoms with Crippen LogP contribution in [0.25, 0.3) is 0 Å². The van der Waals surface area contributed by atoms with Crippen molar-refractivity contribution in [3.63, 3.8) is 0 Å². The largest absolute Gasteiger partial charge is 0.357 e. The van der Waals surface area contributed by atoms with Crippen LogP contribution in [0.15, 0.2) is 0 Å². The zero-order valence-electron chi connectivity index (χ0n) is 8.78. The topological polar surface area (TPSA) is 59.7 Å². The van der Waals surface area contributed by atoms with Crippen molar-refractivity contribution in [3.05, 3.63) is 26.2 Å². The second-order valence-electron chi connectivity index (χ2n) is 2.06. The van der Waals surface area contributed by atoms with E-state index < -0.39 is 0 Å². The van der Waals surface area contributed by atoms with Crippen molar-refractivity contribution in [3.8, 4) is 0 Å². The summed E-state index contributed by atoms with van der Waals surface area (Å²) >= 11 is 1.50. The molecule has 0 spiro atoms. The normalized spacial score (nSPS) is 9.60. The van der Waals surface area contributed by atoms with Crippen LogP contribution in [0.1, 0.15) is 32.1 Å². The molecule has 5 heteroatoms. The van der Waals surface area contributed by atoms with E-state index in [1.54, 1.807) is 0 Å². The maximum Gasteiger partial charge on any atom is 0 e. The minimum absolute atomic E-state index is 0. The Bertz CT molecular complexity index is 97.7. The molecule has 0 amide bonds. The van der Waals surface area contributed by atoms with Crippen molar-refractivity contribution in [2.24, 2.45) is 0 Å². The van der Waals surface area contributed by atoms with Crippen LogP contribution in [0.3, 0.4) is 0 Å². The van der Waals surface area contributed by atoms with Crippen LogP contribution in [-0.4, -0.2) is 6.26 Å². The van der Waals surface area contributed by atoms with E-state index in [1.807, 2.05) is 6.26 Å². The molecule has 15 heavy (non-hydrogen) atoms. The fourth-order valence-corrected chi connectivity index (χ4v) is 0.884. The zero-order chi connectivity index (χ0) is 12.2. The summed E-state index contributed by atoms with van der Waals surface area (Å²) in [6.07, 6.45) is 12.8. The molecule has 0 N–H and O–H groups in total. The van der Waals surface area contributed by atoms with Crippen molar-refractivity contribution in [1.29, 1.82) is 0 Å². The molecule has 0 aromatic carbocycles. The van der Waals surface area contributed by atoms with Gasteiger partial charge in [0.15, 0.2) is 0 Å². The fourth-order valence-electron chi connectivity index (χ4n) is 0.884. The van der Waals surface area contributed by atoms with Gasteiger partial charge >= 0.3 is 33.9 Å². The third-order valence-electron chi connectivity index (χ3n) is 1.25. The monoisotopic (exact) mass is 313 g/mol. The maximum absolute atomic E-state index is 7.50. The molecular formula is C10H15MoO3S-. The summed E-state index contributed by atoms with van der Waals surface area (Å²) in [6, 6.07) is 0. The molecule has 1 aliphatic carbocycles. The average molecular weight is 311 g/mol. The third kappa shape index (κ3) is 77.5. The average Bonchev–Trinajstić information content (AvgIpc) is 2.85. The van der Waals surface area contributed by atoms with Crippen molar-refractivity contribution in [2.45, 2.75) is 32.1 Å². The van der Waals surface area contributed by atoms with Crippen LogP contribution in [0.5, 0.6) is 0 Å². The van der Waals surface area contributed by atoms with Gasteiger partial charge in [-0.2, -0.15) is 0 Å². The molecule has 0 bridgehead atoms. The molecule has 0 aliphatic heterocycles. The summed E-state index contributed by atoms with van der Waals surface area (Å²) in [5.74, 6) is 0. The Labute approximate surface area is 111 Å². The molecule has 0 atom stereocenters. The van der Waals surface area contributed by atoms with Crippen LogP contribution >= 0.6 is 11.8 Å². The number of hydrogen-bond acceptors (Lipinski definition) is 1. The molecule has 0 aromatic rings. The van der Waals surface area contributed by atoms with Crippen molar-refractivity contribution in [2.75, 3.05) is 6.26 Å². The molecule has 86 valence electrons. The van der Waals surface area contributed by atoms with E-state index in [2.05, 4.69) is 26.2 Å². The predicted octanol–water partition coefficient (Wildman–Crippen LogP) is 2.98. The summed E-state index contributed by atoms with van der Waals surface area (Å²) in [7, 11) is 0.